The van der Waals surface area contributed by atoms with Crippen LogP contribution in [-0.2, 0) is 0 Å². The fraction of sp³-hybridized carbons (Fsp3) is 0.571. The van der Waals surface area contributed by atoms with E-state index in [9.17, 15) is 14.4 Å². The topological polar surface area (TPSA) is 123 Å². The Labute approximate surface area is 437 Å². The third-order valence-electron chi connectivity index (χ3n) is 13.8. The minimum Gasteiger partial charge on any atom is -0.338 e. The van der Waals surface area contributed by atoms with Crippen LogP contribution < -0.4 is 31.9 Å². The van der Waals surface area contributed by atoms with Crippen LogP contribution in [0.3, 0.4) is 0 Å². The predicted molar refractivity (Wildman–Crippen MR) is 309 cm³/mol. The van der Waals surface area contributed by atoms with Gasteiger partial charge in [-0.1, -0.05) is 231 Å². The third-order valence-corrected chi connectivity index (χ3v) is 13.8. The Bertz CT molecular complexity index is 1790. The zero-order valence-electron chi connectivity index (χ0n) is 45.2. The number of urea groups is 3. The van der Waals surface area contributed by atoms with E-state index in [0.717, 1.165) is 89.0 Å². The summed E-state index contributed by atoms with van der Waals surface area (Å²) in [5.74, 6) is 0. The molecule has 4 aromatic rings. The highest BCUT2D eigenvalue weighted by atomic mass is 16.2. The van der Waals surface area contributed by atoms with E-state index in [1.807, 2.05) is 72.8 Å². The fourth-order valence-corrected chi connectivity index (χ4v) is 9.33. The van der Waals surface area contributed by atoms with E-state index in [1.165, 1.54) is 154 Å². The number of amides is 6. The Morgan fingerprint density at radius 1 is 0.264 bits per heavy atom. The van der Waals surface area contributed by atoms with Gasteiger partial charge in [0, 0.05) is 36.7 Å². The second kappa shape index (κ2) is 38.3. The van der Waals surface area contributed by atoms with Gasteiger partial charge in [-0.3, -0.25) is 0 Å². The summed E-state index contributed by atoms with van der Waals surface area (Å²) < 4.78 is 0. The standard InChI is InChI=1S/C63H96N6O3/c1-4-7-10-13-16-19-22-25-28-31-46-64-61(70)67-58-40-34-52(35-41-58)55-49-56(53-36-42-59(43-37-53)68-62(71)65-47-32-29-26-23-20-17-14-11-8-5-2)51-57(50-55)54-38-44-60(45-39-54)69-63(72)66-48-33-30-27-24-21-18-15-12-9-6-3/h34-45,49-51H,4-33,46-48H2,1-3H3,(H2,64,67,70)(H2,65,68,71)(H2,66,69,72). The first kappa shape index (κ1) is 59.3. The predicted octanol–water partition coefficient (Wildman–Crippen LogP) is 18.8. The number of hydrogen-bond acceptors (Lipinski definition) is 3. The van der Waals surface area contributed by atoms with Gasteiger partial charge in [-0.05, 0) is 107 Å². The molecule has 0 bridgehead atoms. The van der Waals surface area contributed by atoms with Gasteiger partial charge >= 0.3 is 18.1 Å². The number of unbranched alkanes of at least 4 members (excludes halogenated alkanes) is 27. The van der Waals surface area contributed by atoms with Crippen molar-refractivity contribution in [3.63, 3.8) is 0 Å². The van der Waals surface area contributed by atoms with Crippen molar-refractivity contribution in [1.82, 2.24) is 16.0 Å². The molecule has 0 heterocycles. The highest BCUT2D eigenvalue weighted by molar-refractivity contribution is 5.92. The maximum Gasteiger partial charge on any atom is 0.319 e. The number of hydrogen-bond donors (Lipinski definition) is 6. The van der Waals surface area contributed by atoms with Crippen molar-refractivity contribution in [3.8, 4) is 33.4 Å². The van der Waals surface area contributed by atoms with Gasteiger partial charge in [-0.15, -0.1) is 0 Å². The molecule has 0 aromatic heterocycles. The molecule has 0 aliphatic heterocycles. The Hall–Kier alpha value is -5.31. The number of anilines is 3. The van der Waals surface area contributed by atoms with E-state index in [-0.39, 0.29) is 18.1 Å². The third kappa shape index (κ3) is 26.4. The van der Waals surface area contributed by atoms with Crippen LogP contribution in [-0.4, -0.2) is 37.7 Å². The van der Waals surface area contributed by atoms with Crippen LogP contribution in [0.25, 0.3) is 33.4 Å². The van der Waals surface area contributed by atoms with Gasteiger partial charge < -0.3 is 31.9 Å². The Balaban J connectivity index is 1.33. The lowest BCUT2D eigenvalue weighted by Crippen LogP contribution is -2.29. The molecule has 0 atom stereocenters. The second-order valence-electron chi connectivity index (χ2n) is 20.2. The molecule has 0 radical (unpaired) electrons. The van der Waals surface area contributed by atoms with E-state index in [1.54, 1.807) is 0 Å². The van der Waals surface area contributed by atoms with E-state index < -0.39 is 0 Å². The van der Waals surface area contributed by atoms with Gasteiger partial charge in [0.1, 0.15) is 0 Å². The number of carbonyl (C=O) groups is 3. The smallest absolute Gasteiger partial charge is 0.319 e. The summed E-state index contributed by atoms with van der Waals surface area (Å²) >= 11 is 0. The molecule has 0 fully saturated rings. The summed E-state index contributed by atoms with van der Waals surface area (Å²) in [6.45, 7) is 8.79. The van der Waals surface area contributed by atoms with Gasteiger partial charge in [-0.2, -0.15) is 0 Å². The molecule has 0 aliphatic carbocycles. The van der Waals surface area contributed by atoms with E-state index in [4.69, 9.17) is 0 Å². The highest BCUT2D eigenvalue weighted by Crippen LogP contribution is 2.34. The van der Waals surface area contributed by atoms with Crippen molar-refractivity contribution in [3.05, 3.63) is 91.0 Å². The van der Waals surface area contributed by atoms with Crippen LogP contribution in [0.1, 0.15) is 213 Å². The fourth-order valence-electron chi connectivity index (χ4n) is 9.33. The Morgan fingerprint density at radius 2 is 0.458 bits per heavy atom. The van der Waals surface area contributed by atoms with Crippen LogP contribution in [0, 0.1) is 0 Å². The van der Waals surface area contributed by atoms with Gasteiger partial charge in [0.25, 0.3) is 0 Å². The van der Waals surface area contributed by atoms with E-state index >= 15 is 0 Å². The lowest BCUT2D eigenvalue weighted by molar-refractivity contribution is 0.251. The number of nitrogens with one attached hydrogen (secondary N) is 6. The lowest BCUT2D eigenvalue weighted by atomic mass is 9.93. The average Bonchev–Trinajstić information content (AvgIpc) is 3.39. The molecule has 6 amide bonds. The molecule has 4 aromatic carbocycles. The Kier molecular flexibility index (Phi) is 31.5. The largest absolute Gasteiger partial charge is 0.338 e. The minimum atomic E-state index is -0.183. The maximum absolute atomic E-state index is 12.8. The van der Waals surface area contributed by atoms with E-state index in [0.29, 0.717) is 19.6 Å². The number of carbonyl (C=O) groups excluding carboxylic acids is 3. The molecule has 396 valence electrons. The normalized spacial score (nSPS) is 11.0. The first-order valence-corrected chi connectivity index (χ1v) is 29.0. The van der Waals surface area contributed by atoms with Crippen molar-refractivity contribution in [2.45, 2.75) is 213 Å². The summed E-state index contributed by atoms with van der Waals surface area (Å²) in [4.78, 5) is 38.3. The maximum atomic E-state index is 12.8. The molecule has 9 heteroatoms. The minimum absolute atomic E-state index is 0.183. The molecular formula is C63H96N6O3. The molecule has 4 rings (SSSR count). The van der Waals surface area contributed by atoms with Gasteiger partial charge in [-0.25, -0.2) is 14.4 Å². The van der Waals surface area contributed by atoms with Crippen molar-refractivity contribution < 1.29 is 14.4 Å². The summed E-state index contributed by atoms with van der Waals surface area (Å²) in [5, 5.41) is 18.1. The zero-order chi connectivity index (χ0) is 51.1. The Morgan fingerprint density at radius 3 is 0.667 bits per heavy atom. The summed E-state index contributed by atoms with van der Waals surface area (Å²) in [5.41, 5.74) is 8.35. The summed E-state index contributed by atoms with van der Waals surface area (Å²) in [7, 11) is 0. The average molecular weight is 985 g/mol. The van der Waals surface area contributed by atoms with Crippen LogP contribution in [0.5, 0.6) is 0 Å². The van der Waals surface area contributed by atoms with E-state index in [2.05, 4.69) is 70.9 Å². The molecule has 9 nitrogen and oxygen atoms in total. The number of rotatable bonds is 39. The zero-order valence-corrected chi connectivity index (χ0v) is 45.2. The quantitative estimate of drug-likeness (QED) is 0.0250. The molecule has 6 N–H and O–H groups in total. The van der Waals surface area contributed by atoms with Gasteiger partial charge in [0.05, 0.1) is 0 Å². The van der Waals surface area contributed by atoms with Crippen LogP contribution >= 0.6 is 0 Å². The molecule has 72 heavy (non-hydrogen) atoms. The number of benzene rings is 4. The van der Waals surface area contributed by atoms with Crippen LogP contribution in [0.15, 0.2) is 91.0 Å². The monoisotopic (exact) mass is 985 g/mol. The van der Waals surface area contributed by atoms with Crippen molar-refractivity contribution in [1.29, 1.82) is 0 Å². The van der Waals surface area contributed by atoms with Crippen molar-refractivity contribution >= 4 is 35.2 Å². The van der Waals surface area contributed by atoms with Crippen LogP contribution in [0.4, 0.5) is 31.4 Å². The SMILES string of the molecule is CCCCCCCCCCCCNC(=O)Nc1ccc(-c2cc(-c3ccc(NC(=O)NCCCCCCCCCCCC)cc3)cc(-c3ccc(NC(=O)NCCCCCCCCCCCC)cc3)c2)cc1. The molecule has 0 spiro atoms. The molecule has 0 unspecified atom stereocenters. The second-order valence-corrected chi connectivity index (χ2v) is 20.2. The molecular weight excluding hydrogens is 889 g/mol. The first-order chi connectivity index (χ1) is 35.4. The van der Waals surface area contributed by atoms with Gasteiger partial charge in [0.15, 0.2) is 0 Å². The molecule has 0 saturated carbocycles. The van der Waals surface area contributed by atoms with Crippen molar-refractivity contribution in [2.75, 3.05) is 35.6 Å². The molecule has 0 aliphatic rings. The van der Waals surface area contributed by atoms with Crippen molar-refractivity contribution in [2.24, 2.45) is 0 Å². The highest BCUT2D eigenvalue weighted by Gasteiger charge is 2.11. The summed E-state index contributed by atoms with van der Waals surface area (Å²) in [6, 6.07) is 30.0. The van der Waals surface area contributed by atoms with Gasteiger partial charge in [0.2, 0.25) is 0 Å². The first-order valence-electron chi connectivity index (χ1n) is 29.0. The summed E-state index contributed by atoms with van der Waals surface area (Å²) in [6.07, 6.45) is 37.9. The lowest BCUT2D eigenvalue weighted by Gasteiger charge is -2.14. The van der Waals surface area contributed by atoms with Crippen LogP contribution in [0.2, 0.25) is 0 Å². The molecule has 0 saturated heterocycles.